The summed E-state index contributed by atoms with van der Waals surface area (Å²) in [6, 6.07) is 0.522. The lowest BCUT2D eigenvalue weighted by Gasteiger charge is -2.36. The second-order valence-corrected chi connectivity index (χ2v) is 7.16. The maximum atomic E-state index is 12.7. The lowest BCUT2D eigenvalue weighted by atomic mass is 9.87. The highest BCUT2D eigenvalue weighted by Crippen LogP contribution is 2.32. The molecule has 110 valence electrons. The van der Waals surface area contributed by atoms with Crippen LogP contribution < -0.4 is 5.32 Å². The van der Waals surface area contributed by atoms with E-state index in [0.717, 1.165) is 19.4 Å². The molecule has 1 saturated heterocycles. The Balaban J connectivity index is 2.15. The quantitative estimate of drug-likeness (QED) is 0.779. The molecule has 1 amide bonds. The molecule has 1 saturated carbocycles. The monoisotopic (exact) mass is 266 g/mol. The summed E-state index contributed by atoms with van der Waals surface area (Å²) in [5.74, 6) is 0.347. The minimum atomic E-state index is 0.0324. The molecule has 0 radical (unpaired) electrons. The minimum Gasteiger partial charge on any atom is -0.338 e. The van der Waals surface area contributed by atoms with Gasteiger partial charge in [-0.3, -0.25) is 4.79 Å². The average molecular weight is 266 g/mol. The number of nitrogens with one attached hydrogen (secondary N) is 1. The van der Waals surface area contributed by atoms with E-state index in [1.807, 2.05) is 7.05 Å². The molecule has 2 aliphatic rings. The molecule has 0 bridgehead atoms. The van der Waals surface area contributed by atoms with Crippen molar-refractivity contribution in [3.05, 3.63) is 0 Å². The first kappa shape index (κ1) is 14.8. The van der Waals surface area contributed by atoms with Crippen molar-refractivity contribution in [2.24, 2.45) is 5.41 Å². The lowest BCUT2D eigenvalue weighted by molar-refractivity contribution is -0.136. The van der Waals surface area contributed by atoms with Gasteiger partial charge >= 0.3 is 0 Å². The Labute approximate surface area is 118 Å². The zero-order valence-electron chi connectivity index (χ0n) is 12.9. The average Bonchev–Trinajstić information content (AvgIpc) is 2.69. The van der Waals surface area contributed by atoms with E-state index in [9.17, 15) is 4.79 Å². The summed E-state index contributed by atoms with van der Waals surface area (Å²) in [6.45, 7) is 5.55. The molecule has 0 aromatic heterocycles. The molecule has 2 rings (SSSR count). The van der Waals surface area contributed by atoms with E-state index in [2.05, 4.69) is 24.1 Å². The molecule has 3 nitrogen and oxygen atoms in total. The highest BCUT2D eigenvalue weighted by atomic mass is 16.2. The van der Waals surface area contributed by atoms with E-state index >= 15 is 0 Å². The van der Waals surface area contributed by atoms with Gasteiger partial charge < -0.3 is 10.2 Å². The Kier molecular flexibility index (Phi) is 4.88. The van der Waals surface area contributed by atoms with E-state index in [4.69, 9.17) is 0 Å². The molecule has 3 heteroatoms. The highest BCUT2D eigenvalue weighted by molar-refractivity contribution is 5.82. The minimum absolute atomic E-state index is 0.0324. The van der Waals surface area contributed by atoms with Crippen LogP contribution in [0.3, 0.4) is 0 Å². The van der Waals surface area contributed by atoms with Crippen molar-refractivity contribution in [1.82, 2.24) is 10.2 Å². The highest BCUT2D eigenvalue weighted by Gasteiger charge is 2.37. The Morgan fingerprint density at radius 2 is 1.74 bits per heavy atom. The Bertz CT molecular complexity index is 306. The van der Waals surface area contributed by atoms with Crippen molar-refractivity contribution in [3.8, 4) is 0 Å². The standard InChI is InChI=1S/C16H30N2O/c1-16(2)11-10-14(17-3)15(19)18(12-16)13-8-6-4-5-7-9-13/h13-14,17H,4-12H2,1-3H3. The van der Waals surface area contributed by atoms with E-state index in [1.165, 1.54) is 38.5 Å². The normalized spacial score (nSPS) is 29.9. The Morgan fingerprint density at radius 3 is 2.32 bits per heavy atom. The summed E-state index contributed by atoms with van der Waals surface area (Å²) in [5.41, 5.74) is 0.258. The van der Waals surface area contributed by atoms with Gasteiger partial charge in [-0.2, -0.15) is 0 Å². The number of nitrogens with zero attached hydrogens (tertiary/aromatic N) is 1. The third-order valence-electron chi connectivity index (χ3n) is 4.90. The summed E-state index contributed by atoms with van der Waals surface area (Å²) < 4.78 is 0. The van der Waals surface area contributed by atoms with Crippen molar-refractivity contribution < 1.29 is 4.79 Å². The molecular weight excluding hydrogens is 236 g/mol. The van der Waals surface area contributed by atoms with Crippen molar-refractivity contribution in [2.45, 2.75) is 77.3 Å². The zero-order valence-corrected chi connectivity index (χ0v) is 12.9. The Hall–Kier alpha value is -0.570. The first-order chi connectivity index (χ1) is 9.03. The largest absolute Gasteiger partial charge is 0.338 e. The van der Waals surface area contributed by atoms with Gasteiger partial charge in [-0.1, -0.05) is 39.5 Å². The molecule has 1 N–H and O–H groups in total. The molecule has 1 heterocycles. The van der Waals surface area contributed by atoms with Crippen LogP contribution >= 0.6 is 0 Å². The maximum Gasteiger partial charge on any atom is 0.239 e. The van der Waals surface area contributed by atoms with Gasteiger partial charge in [-0.15, -0.1) is 0 Å². The smallest absolute Gasteiger partial charge is 0.239 e. The number of hydrogen-bond donors (Lipinski definition) is 1. The van der Waals surface area contributed by atoms with Crippen LogP contribution in [0.2, 0.25) is 0 Å². The maximum absolute atomic E-state index is 12.7. The fraction of sp³-hybridized carbons (Fsp3) is 0.938. The molecule has 1 atom stereocenters. The van der Waals surface area contributed by atoms with Gasteiger partial charge in [0.25, 0.3) is 0 Å². The van der Waals surface area contributed by atoms with Crippen LogP contribution in [0.1, 0.15) is 65.2 Å². The number of amides is 1. The molecule has 0 spiro atoms. The number of likely N-dealkylation sites (N-methyl/N-ethyl adjacent to an activating group) is 1. The molecule has 1 aliphatic carbocycles. The molecule has 0 aromatic carbocycles. The molecule has 0 aromatic rings. The van der Waals surface area contributed by atoms with Crippen molar-refractivity contribution >= 4 is 5.91 Å². The fourth-order valence-electron chi connectivity index (χ4n) is 3.62. The fourth-order valence-corrected chi connectivity index (χ4v) is 3.62. The van der Waals surface area contributed by atoms with E-state index < -0.39 is 0 Å². The lowest BCUT2D eigenvalue weighted by Crippen LogP contribution is -2.49. The van der Waals surface area contributed by atoms with E-state index in [-0.39, 0.29) is 11.5 Å². The van der Waals surface area contributed by atoms with Crippen LogP contribution in [-0.2, 0) is 4.79 Å². The van der Waals surface area contributed by atoms with Crippen LogP contribution in [0.25, 0.3) is 0 Å². The summed E-state index contributed by atoms with van der Waals surface area (Å²) in [7, 11) is 1.92. The topological polar surface area (TPSA) is 32.3 Å². The number of rotatable bonds is 2. The van der Waals surface area contributed by atoms with Crippen molar-refractivity contribution in [3.63, 3.8) is 0 Å². The summed E-state index contributed by atoms with van der Waals surface area (Å²) in [4.78, 5) is 15.0. The predicted molar refractivity (Wildman–Crippen MR) is 79.1 cm³/mol. The molecule has 1 aliphatic heterocycles. The molecule has 19 heavy (non-hydrogen) atoms. The number of hydrogen-bond acceptors (Lipinski definition) is 2. The van der Waals surface area contributed by atoms with Gasteiger partial charge in [-0.05, 0) is 38.1 Å². The Morgan fingerprint density at radius 1 is 1.11 bits per heavy atom. The van der Waals surface area contributed by atoms with Gasteiger partial charge in [-0.25, -0.2) is 0 Å². The number of carbonyl (C=O) groups is 1. The molecular formula is C16H30N2O. The summed E-state index contributed by atoms with van der Waals surface area (Å²) >= 11 is 0. The molecule has 2 fully saturated rings. The first-order valence-electron chi connectivity index (χ1n) is 8.01. The van der Waals surface area contributed by atoms with E-state index in [1.54, 1.807) is 0 Å². The van der Waals surface area contributed by atoms with Gasteiger partial charge in [0.05, 0.1) is 6.04 Å². The zero-order chi connectivity index (χ0) is 13.9. The van der Waals surface area contributed by atoms with Crippen LogP contribution in [0, 0.1) is 5.41 Å². The van der Waals surface area contributed by atoms with Crippen molar-refractivity contribution in [2.75, 3.05) is 13.6 Å². The second-order valence-electron chi connectivity index (χ2n) is 7.16. The predicted octanol–water partition coefficient (Wildman–Crippen LogP) is 2.95. The summed E-state index contributed by atoms with van der Waals surface area (Å²) in [5, 5.41) is 3.22. The second kappa shape index (κ2) is 6.25. The van der Waals surface area contributed by atoms with Crippen LogP contribution in [0.15, 0.2) is 0 Å². The number of likely N-dealkylation sites (tertiary alicyclic amines) is 1. The summed E-state index contributed by atoms with van der Waals surface area (Å²) in [6.07, 6.45) is 9.79. The van der Waals surface area contributed by atoms with Crippen LogP contribution in [0.4, 0.5) is 0 Å². The molecule has 1 unspecified atom stereocenters. The van der Waals surface area contributed by atoms with Crippen molar-refractivity contribution in [1.29, 1.82) is 0 Å². The van der Waals surface area contributed by atoms with Gasteiger partial charge in [0, 0.05) is 12.6 Å². The van der Waals surface area contributed by atoms with Crippen LogP contribution in [0.5, 0.6) is 0 Å². The number of carbonyl (C=O) groups excluding carboxylic acids is 1. The van der Waals surface area contributed by atoms with Crippen LogP contribution in [-0.4, -0.2) is 36.5 Å². The van der Waals surface area contributed by atoms with Gasteiger partial charge in [0.15, 0.2) is 0 Å². The van der Waals surface area contributed by atoms with E-state index in [0.29, 0.717) is 11.9 Å². The first-order valence-corrected chi connectivity index (χ1v) is 8.01. The van der Waals surface area contributed by atoms with Gasteiger partial charge in [0.1, 0.15) is 0 Å². The third-order valence-corrected chi connectivity index (χ3v) is 4.90. The van der Waals surface area contributed by atoms with Gasteiger partial charge in [0.2, 0.25) is 5.91 Å². The third kappa shape index (κ3) is 3.71. The SMILES string of the molecule is CNC1CCC(C)(C)CN(C2CCCCCC2)C1=O.